The number of carbonyl (C=O) groups excluding carboxylic acids is 2. The van der Waals surface area contributed by atoms with Crippen LogP contribution in [-0.4, -0.2) is 52.8 Å². The third-order valence-electron chi connectivity index (χ3n) is 5.58. The number of halogens is 1. The molecule has 30 heavy (non-hydrogen) atoms. The maximum atomic E-state index is 13.0. The minimum atomic E-state index is -0.641. The maximum absolute atomic E-state index is 13.0. The second-order valence-corrected chi connectivity index (χ2v) is 8.36. The van der Waals surface area contributed by atoms with Crippen LogP contribution in [0.4, 0.5) is 0 Å². The molecule has 1 saturated heterocycles. The lowest BCUT2D eigenvalue weighted by molar-refractivity contribution is -0.140. The first-order valence-electron chi connectivity index (χ1n) is 10.2. The minimum absolute atomic E-state index is 0.135. The molecular formula is C24H27BrN2O3. The molecule has 3 rings (SSSR count). The van der Waals surface area contributed by atoms with E-state index in [2.05, 4.69) is 34.7 Å². The lowest BCUT2D eigenvalue weighted by atomic mass is 9.95. The number of aryl methyl sites for hydroxylation is 1. The molecule has 1 amide bonds. The van der Waals surface area contributed by atoms with E-state index in [-0.39, 0.29) is 11.3 Å². The number of ketones is 1. The second-order valence-electron chi connectivity index (χ2n) is 7.44. The number of benzene rings is 2. The van der Waals surface area contributed by atoms with Gasteiger partial charge in [0.2, 0.25) is 0 Å². The van der Waals surface area contributed by atoms with Gasteiger partial charge in [-0.2, -0.15) is 0 Å². The zero-order chi connectivity index (χ0) is 21.8. The quantitative estimate of drug-likeness (QED) is 0.367. The zero-order valence-corrected chi connectivity index (χ0v) is 19.1. The van der Waals surface area contributed by atoms with Gasteiger partial charge >= 0.3 is 0 Å². The Morgan fingerprint density at radius 3 is 2.37 bits per heavy atom. The van der Waals surface area contributed by atoms with Gasteiger partial charge in [0.1, 0.15) is 5.76 Å². The van der Waals surface area contributed by atoms with Crippen molar-refractivity contribution in [2.45, 2.75) is 26.8 Å². The van der Waals surface area contributed by atoms with E-state index in [1.54, 1.807) is 17.0 Å². The Morgan fingerprint density at radius 1 is 1.10 bits per heavy atom. The monoisotopic (exact) mass is 470 g/mol. The maximum Gasteiger partial charge on any atom is 0.295 e. The predicted molar refractivity (Wildman–Crippen MR) is 122 cm³/mol. The Hall–Kier alpha value is -2.44. The van der Waals surface area contributed by atoms with E-state index in [4.69, 9.17) is 0 Å². The summed E-state index contributed by atoms with van der Waals surface area (Å²) in [5, 5.41) is 11.0. The van der Waals surface area contributed by atoms with Crippen LogP contribution in [0.25, 0.3) is 5.76 Å². The van der Waals surface area contributed by atoms with E-state index in [0.717, 1.165) is 28.7 Å². The molecule has 2 aromatic carbocycles. The molecule has 1 atom stereocenters. The van der Waals surface area contributed by atoms with Gasteiger partial charge in [0.15, 0.2) is 0 Å². The Labute approximate surface area is 186 Å². The van der Waals surface area contributed by atoms with Crippen LogP contribution in [0.3, 0.4) is 0 Å². The molecule has 0 bridgehead atoms. The number of Topliss-reactive ketones (excluding diaryl/α,β-unsaturated/α-hetero) is 1. The van der Waals surface area contributed by atoms with Crippen LogP contribution in [0, 0.1) is 6.92 Å². The van der Waals surface area contributed by atoms with E-state index in [9.17, 15) is 14.7 Å². The van der Waals surface area contributed by atoms with Gasteiger partial charge in [0.25, 0.3) is 11.7 Å². The molecule has 0 radical (unpaired) electrons. The first-order valence-corrected chi connectivity index (χ1v) is 11.0. The molecule has 0 spiro atoms. The SMILES string of the molecule is CCN(CC)CCN1C(=O)C(=O)/C(=C(\O)c2ccc(C)cc2)C1c1cccc(Br)c1. The summed E-state index contributed by atoms with van der Waals surface area (Å²) >= 11 is 3.48. The largest absolute Gasteiger partial charge is 0.507 e. The molecule has 0 aromatic heterocycles. The molecule has 2 aromatic rings. The smallest absolute Gasteiger partial charge is 0.295 e. The Morgan fingerprint density at radius 2 is 1.77 bits per heavy atom. The van der Waals surface area contributed by atoms with Crippen molar-refractivity contribution < 1.29 is 14.7 Å². The van der Waals surface area contributed by atoms with E-state index in [1.165, 1.54) is 0 Å². The highest BCUT2D eigenvalue weighted by atomic mass is 79.9. The summed E-state index contributed by atoms with van der Waals surface area (Å²) in [7, 11) is 0. The van der Waals surface area contributed by atoms with Gasteiger partial charge in [-0.05, 0) is 37.7 Å². The molecule has 1 aliphatic heterocycles. The second kappa shape index (κ2) is 9.58. The minimum Gasteiger partial charge on any atom is -0.507 e. The average Bonchev–Trinajstić information content (AvgIpc) is 2.99. The molecule has 1 unspecified atom stereocenters. The summed E-state index contributed by atoms with van der Waals surface area (Å²) < 4.78 is 0.852. The fourth-order valence-electron chi connectivity index (χ4n) is 3.79. The molecule has 158 valence electrons. The van der Waals surface area contributed by atoms with Gasteiger partial charge in [-0.3, -0.25) is 9.59 Å². The van der Waals surface area contributed by atoms with Crippen LogP contribution in [0.2, 0.25) is 0 Å². The van der Waals surface area contributed by atoms with Gasteiger partial charge in [-0.1, -0.05) is 71.7 Å². The number of likely N-dealkylation sites (tertiary alicyclic amines) is 1. The summed E-state index contributed by atoms with van der Waals surface area (Å²) in [5.74, 6) is -1.35. The van der Waals surface area contributed by atoms with Crippen LogP contribution in [0.15, 0.2) is 58.6 Å². The van der Waals surface area contributed by atoms with Crippen LogP contribution in [-0.2, 0) is 9.59 Å². The zero-order valence-electron chi connectivity index (χ0n) is 17.6. The Kier molecular flexibility index (Phi) is 7.10. The van der Waals surface area contributed by atoms with Gasteiger partial charge in [-0.25, -0.2) is 0 Å². The fraction of sp³-hybridized carbons (Fsp3) is 0.333. The first kappa shape index (κ1) is 22.2. The summed E-state index contributed by atoms with van der Waals surface area (Å²) in [4.78, 5) is 29.8. The Bertz CT molecular complexity index is 965. The molecular weight excluding hydrogens is 444 g/mol. The normalized spacial score (nSPS) is 18.4. The molecule has 0 saturated carbocycles. The van der Waals surface area contributed by atoms with Gasteiger partial charge in [0, 0.05) is 23.1 Å². The summed E-state index contributed by atoms with van der Waals surface area (Å²) in [6.45, 7) is 8.90. The van der Waals surface area contributed by atoms with Gasteiger partial charge < -0.3 is 14.9 Å². The van der Waals surface area contributed by atoms with Crippen molar-refractivity contribution in [1.82, 2.24) is 9.80 Å². The van der Waals surface area contributed by atoms with E-state index in [0.29, 0.717) is 18.7 Å². The summed E-state index contributed by atoms with van der Waals surface area (Å²) in [6.07, 6.45) is 0. The number of rotatable bonds is 7. The summed E-state index contributed by atoms with van der Waals surface area (Å²) in [5.41, 5.74) is 2.51. The van der Waals surface area contributed by atoms with Crippen molar-refractivity contribution in [2.24, 2.45) is 0 Å². The van der Waals surface area contributed by atoms with Crippen LogP contribution in [0.1, 0.15) is 36.6 Å². The van der Waals surface area contributed by atoms with Crippen molar-refractivity contribution in [2.75, 3.05) is 26.2 Å². The topological polar surface area (TPSA) is 60.9 Å². The van der Waals surface area contributed by atoms with E-state index in [1.807, 2.05) is 43.3 Å². The van der Waals surface area contributed by atoms with Crippen molar-refractivity contribution >= 4 is 33.4 Å². The van der Waals surface area contributed by atoms with Gasteiger partial charge in [-0.15, -0.1) is 0 Å². The number of nitrogens with zero attached hydrogens (tertiary/aromatic N) is 2. The number of hydrogen-bond donors (Lipinski definition) is 1. The van der Waals surface area contributed by atoms with E-state index >= 15 is 0 Å². The number of aliphatic hydroxyl groups is 1. The molecule has 1 fully saturated rings. The average molecular weight is 471 g/mol. The van der Waals surface area contributed by atoms with Crippen molar-refractivity contribution in [3.05, 3.63) is 75.3 Å². The van der Waals surface area contributed by atoms with Crippen molar-refractivity contribution in [3.63, 3.8) is 0 Å². The molecule has 1 N–H and O–H groups in total. The summed E-state index contributed by atoms with van der Waals surface area (Å²) in [6, 6.07) is 14.2. The third kappa shape index (κ3) is 4.50. The molecule has 6 heteroatoms. The molecule has 1 aliphatic rings. The highest BCUT2D eigenvalue weighted by Gasteiger charge is 2.45. The lowest BCUT2D eigenvalue weighted by Gasteiger charge is -2.28. The van der Waals surface area contributed by atoms with Crippen LogP contribution < -0.4 is 0 Å². The lowest BCUT2D eigenvalue weighted by Crippen LogP contribution is -2.38. The predicted octanol–water partition coefficient (Wildman–Crippen LogP) is 4.52. The number of carbonyl (C=O) groups is 2. The van der Waals surface area contributed by atoms with Crippen molar-refractivity contribution in [3.8, 4) is 0 Å². The van der Waals surface area contributed by atoms with E-state index < -0.39 is 17.7 Å². The first-order chi connectivity index (χ1) is 14.4. The number of aliphatic hydroxyl groups excluding tert-OH is 1. The van der Waals surface area contributed by atoms with Crippen LogP contribution >= 0.6 is 15.9 Å². The third-order valence-corrected chi connectivity index (χ3v) is 6.07. The van der Waals surface area contributed by atoms with Gasteiger partial charge in [0.05, 0.1) is 11.6 Å². The molecule has 0 aliphatic carbocycles. The number of amides is 1. The molecule has 1 heterocycles. The number of likely N-dealkylation sites (N-methyl/N-ethyl adjacent to an activating group) is 1. The van der Waals surface area contributed by atoms with Crippen LogP contribution in [0.5, 0.6) is 0 Å². The standard InChI is InChI=1S/C24H27BrN2O3/c1-4-26(5-2)13-14-27-21(18-7-6-8-19(25)15-18)20(23(29)24(27)30)22(28)17-11-9-16(3)10-12-17/h6-12,15,21,28H,4-5,13-14H2,1-3H3/b22-20-. The van der Waals surface area contributed by atoms with Crippen molar-refractivity contribution in [1.29, 1.82) is 0 Å². The highest BCUT2D eigenvalue weighted by molar-refractivity contribution is 9.10. The molecule has 5 nitrogen and oxygen atoms in total. The fourth-order valence-corrected chi connectivity index (χ4v) is 4.21. The Balaban J connectivity index is 2.09. The number of hydrogen-bond acceptors (Lipinski definition) is 4. The highest BCUT2D eigenvalue weighted by Crippen LogP contribution is 2.39.